The van der Waals surface area contributed by atoms with Gasteiger partial charge in [-0.15, -0.1) is 0 Å². The van der Waals surface area contributed by atoms with Crippen LogP contribution in [0.25, 0.3) is 0 Å². The standard InChI is InChI=1S/C16H27N3O/c1-3-19(4-2)16(20)14-18(13-11-17)12-10-15-8-6-5-7-9-15/h5-9H,3-4,10-14,17H2,1-2H3. The molecule has 112 valence electrons. The Bertz CT molecular complexity index is 377. The van der Waals surface area contributed by atoms with Gasteiger partial charge in [0.05, 0.1) is 6.54 Å². The number of amides is 1. The Morgan fingerprint density at radius 2 is 1.75 bits per heavy atom. The van der Waals surface area contributed by atoms with Crippen molar-refractivity contribution in [1.29, 1.82) is 0 Å². The lowest BCUT2D eigenvalue weighted by Crippen LogP contribution is -2.42. The molecule has 0 saturated heterocycles. The fourth-order valence-corrected chi connectivity index (χ4v) is 2.25. The Labute approximate surface area is 122 Å². The normalized spacial score (nSPS) is 10.8. The Hall–Kier alpha value is -1.39. The maximum absolute atomic E-state index is 12.1. The summed E-state index contributed by atoms with van der Waals surface area (Å²) in [6, 6.07) is 10.3. The molecule has 0 saturated carbocycles. The van der Waals surface area contributed by atoms with E-state index in [2.05, 4.69) is 17.0 Å². The first-order valence-corrected chi connectivity index (χ1v) is 7.45. The minimum atomic E-state index is 0.191. The summed E-state index contributed by atoms with van der Waals surface area (Å²) in [5.41, 5.74) is 6.94. The SMILES string of the molecule is CCN(CC)C(=O)CN(CCN)CCc1ccccc1. The highest BCUT2D eigenvalue weighted by Gasteiger charge is 2.14. The van der Waals surface area contributed by atoms with Crippen LogP contribution >= 0.6 is 0 Å². The molecular formula is C16H27N3O. The number of hydrogen-bond donors (Lipinski definition) is 1. The minimum absolute atomic E-state index is 0.191. The van der Waals surface area contributed by atoms with Crippen molar-refractivity contribution in [2.75, 3.05) is 39.3 Å². The highest BCUT2D eigenvalue weighted by atomic mass is 16.2. The van der Waals surface area contributed by atoms with Gasteiger partial charge in [0.1, 0.15) is 0 Å². The molecule has 0 fully saturated rings. The molecule has 20 heavy (non-hydrogen) atoms. The predicted octanol–water partition coefficient (Wildman–Crippen LogP) is 1.36. The van der Waals surface area contributed by atoms with Crippen LogP contribution in [0.2, 0.25) is 0 Å². The summed E-state index contributed by atoms with van der Waals surface area (Å²) in [6.45, 7) is 8.24. The number of rotatable bonds is 9. The number of hydrogen-bond acceptors (Lipinski definition) is 3. The van der Waals surface area contributed by atoms with Crippen molar-refractivity contribution in [3.05, 3.63) is 35.9 Å². The van der Waals surface area contributed by atoms with Gasteiger partial charge in [0, 0.05) is 32.7 Å². The third-order valence-corrected chi connectivity index (χ3v) is 3.48. The van der Waals surface area contributed by atoms with E-state index in [4.69, 9.17) is 5.73 Å². The van der Waals surface area contributed by atoms with Gasteiger partial charge in [-0.2, -0.15) is 0 Å². The summed E-state index contributed by atoms with van der Waals surface area (Å²) in [7, 11) is 0. The van der Waals surface area contributed by atoms with Crippen LogP contribution in [0, 0.1) is 0 Å². The third kappa shape index (κ3) is 5.72. The first-order valence-electron chi connectivity index (χ1n) is 7.45. The maximum Gasteiger partial charge on any atom is 0.236 e. The van der Waals surface area contributed by atoms with Gasteiger partial charge in [-0.1, -0.05) is 30.3 Å². The molecule has 0 radical (unpaired) electrons. The topological polar surface area (TPSA) is 49.6 Å². The predicted molar refractivity (Wildman–Crippen MR) is 83.6 cm³/mol. The second-order valence-electron chi connectivity index (χ2n) is 4.87. The molecule has 0 aliphatic rings. The second-order valence-corrected chi connectivity index (χ2v) is 4.87. The van der Waals surface area contributed by atoms with Crippen molar-refractivity contribution in [2.45, 2.75) is 20.3 Å². The Balaban J connectivity index is 2.49. The zero-order valence-electron chi connectivity index (χ0n) is 12.7. The molecule has 2 N–H and O–H groups in total. The van der Waals surface area contributed by atoms with Gasteiger partial charge < -0.3 is 10.6 Å². The summed E-state index contributed by atoms with van der Waals surface area (Å²) < 4.78 is 0. The molecule has 0 aliphatic carbocycles. The van der Waals surface area contributed by atoms with Crippen LogP contribution in [-0.4, -0.2) is 55.0 Å². The molecule has 4 nitrogen and oxygen atoms in total. The summed E-state index contributed by atoms with van der Waals surface area (Å²) in [6.07, 6.45) is 0.951. The smallest absolute Gasteiger partial charge is 0.236 e. The summed E-state index contributed by atoms with van der Waals surface area (Å²) in [4.78, 5) is 16.2. The molecule has 0 atom stereocenters. The molecule has 0 aromatic heterocycles. The van der Waals surface area contributed by atoms with E-state index < -0.39 is 0 Å². The van der Waals surface area contributed by atoms with E-state index in [0.717, 1.165) is 32.6 Å². The van der Waals surface area contributed by atoms with Crippen molar-refractivity contribution in [2.24, 2.45) is 5.73 Å². The van der Waals surface area contributed by atoms with Crippen LogP contribution in [0.4, 0.5) is 0 Å². The van der Waals surface area contributed by atoms with E-state index in [0.29, 0.717) is 13.1 Å². The van der Waals surface area contributed by atoms with E-state index in [1.165, 1.54) is 5.56 Å². The molecule has 1 aromatic carbocycles. The van der Waals surface area contributed by atoms with E-state index >= 15 is 0 Å². The minimum Gasteiger partial charge on any atom is -0.342 e. The first kappa shape index (κ1) is 16.7. The van der Waals surface area contributed by atoms with E-state index in [9.17, 15) is 4.79 Å². The molecular weight excluding hydrogens is 250 g/mol. The monoisotopic (exact) mass is 277 g/mol. The lowest BCUT2D eigenvalue weighted by Gasteiger charge is -2.25. The number of carbonyl (C=O) groups excluding carboxylic acids is 1. The molecule has 0 spiro atoms. The lowest BCUT2D eigenvalue weighted by atomic mass is 10.1. The largest absolute Gasteiger partial charge is 0.342 e. The Morgan fingerprint density at radius 3 is 2.30 bits per heavy atom. The third-order valence-electron chi connectivity index (χ3n) is 3.48. The average Bonchev–Trinajstić information content (AvgIpc) is 2.47. The van der Waals surface area contributed by atoms with Crippen LogP contribution in [0.5, 0.6) is 0 Å². The van der Waals surface area contributed by atoms with Crippen molar-refractivity contribution < 1.29 is 4.79 Å². The molecule has 4 heteroatoms. The van der Waals surface area contributed by atoms with Crippen LogP contribution in [0.15, 0.2) is 30.3 Å². The van der Waals surface area contributed by atoms with Gasteiger partial charge in [-0.25, -0.2) is 0 Å². The van der Waals surface area contributed by atoms with Crippen molar-refractivity contribution in [1.82, 2.24) is 9.80 Å². The van der Waals surface area contributed by atoms with Gasteiger partial charge in [-0.05, 0) is 25.8 Å². The number of nitrogens with two attached hydrogens (primary N) is 1. The first-order chi connectivity index (χ1) is 9.71. The van der Waals surface area contributed by atoms with Crippen molar-refractivity contribution in [3.8, 4) is 0 Å². The van der Waals surface area contributed by atoms with Gasteiger partial charge >= 0.3 is 0 Å². The maximum atomic E-state index is 12.1. The Kier molecular flexibility index (Phi) is 7.92. The van der Waals surface area contributed by atoms with Gasteiger partial charge in [0.2, 0.25) is 5.91 Å². The summed E-state index contributed by atoms with van der Waals surface area (Å²) in [5, 5.41) is 0. The molecule has 1 rings (SSSR count). The molecule has 1 amide bonds. The van der Waals surface area contributed by atoms with E-state index in [-0.39, 0.29) is 5.91 Å². The highest BCUT2D eigenvalue weighted by molar-refractivity contribution is 5.78. The zero-order chi connectivity index (χ0) is 14.8. The van der Waals surface area contributed by atoms with Gasteiger partial charge in [0.15, 0.2) is 0 Å². The number of carbonyl (C=O) groups is 1. The van der Waals surface area contributed by atoms with Crippen LogP contribution in [-0.2, 0) is 11.2 Å². The summed E-state index contributed by atoms with van der Waals surface area (Å²) >= 11 is 0. The molecule has 1 aromatic rings. The van der Waals surface area contributed by atoms with E-state index in [1.807, 2.05) is 36.9 Å². The highest BCUT2D eigenvalue weighted by Crippen LogP contribution is 2.02. The quantitative estimate of drug-likeness (QED) is 0.741. The fraction of sp³-hybridized carbons (Fsp3) is 0.562. The molecule has 0 aliphatic heterocycles. The second kappa shape index (κ2) is 9.50. The van der Waals surface area contributed by atoms with E-state index in [1.54, 1.807) is 0 Å². The molecule has 0 heterocycles. The number of nitrogens with zero attached hydrogens (tertiary/aromatic N) is 2. The van der Waals surface area contributed by atoms with Crippen LogP contribution in [0.3, 0.4) is 0 Å². The number of benzene rings is 1. The van der Waals surface area contributed by atoms with Crippen molar-refractivity contribution in [3.63, 3.8) is 0 Å². The number of likely N-dealkylation sites (N-methyl/N-ethyl adjacent to an activating group) is 1. The fourth-order valence-electron chi connectivity index (χ4n) is 2.25. The Morgan fingerprint density at radius 1 is 1.10 bits per heavy atom. The molecule has 0 unspecified atom stereocenters. The van der Waals surface area contributed by atoms with Crippen LogP contribution < -0.4 is 5.73 Å². The zero-order valence-corrected chi connectivity index (χ0v) is 12.7. The lowest BCUT2D eigenvalue weighted by molar-refractivity contribution is -0.132. The average molecular weight is 277 g/mol. The summed E-state index contributed by atoms with van der Waals surface area (Å²) in [5.74, 6) is 0.191. The van der Waals surface area contributed by atoms with Gasteiger partial charge in [0.25, 0.3) is 0 Å². The van der Waals surface area contributed by atoms with Crippen LogP contribution in [0.1, 0.15) is 19.4 Å². The van der Waals surface area contributed by atoms with Crippen molar-refractivity contribution >= 4 is 5.91 Å². The molecule has 0 bridgehead atoms. The van der Waals surface area contributed by atoms with Gasteiger partial charge in [-0.3, -0.25) is 9.69 Å².